The minimum absolute atomic E-state index is 0.223. The largest absolute Gasteiger partial charge is 0.339 e. The van der Waals surface area contributed by atoms with Crippen LogP contribution in [0.4, 0.5) is 0 Å². The molecule has 0 radical (unpaired) electrons. The van der Waals surface area contributed by atoms with E-state index in [-0.39, 0.29) is 5.91 Å². The summed E-state index contributed by atoms with van der Waals surface area (Å²) in [7, 11) is 1.88. The molecule has 112 valence electrons. The number of amides is 1. The van der Waals surface area contributed by atoms with Gasteiger partial charge in [-0.05, 0) is 44.0 Å². The van der Waals surface area contributed by atoms with E-state index < -0.39 is 0 Å². The molecule has 1 N–H and O–H groups in total. The highest BCUT2D eigenvalue weighted by Crippen LogP contribution is 2.23. The van der Waals surface area contributed by atoms with Gasteiger partial charge in [0.15, 0.2) is 0 Å². The highest BCUT2D eigenvalue weighted by atomic mass is 32.1. The third-order valence-electron chi connectivity index (χ3n) is 4.07. The summed E-state index contributed by atoms with van der Waals surface area (Å²) in [6.07, 6.45) is 2.85. The lowest BCUT2D eigenvalue weighted by Crippen LogP contribution is -2.26. The van der Waals surface area contributed by atoms with Crippen molar-refractivity contribution in [3.63, 3.8) is 0 Å². The first-order valence-electron chi connectivity index (χ1n) is 7.51. The molecule has 1 aliphatic heterocycles. The van der Waals surface area contributed by atoms with E-state index in [2.05, 4.69) is 16.4 Å². The fraction of sp³-hybridized carbons (Fsp3) is 0.500. The number of thiazole rings is 1. The van der Waals surface area contributed by atoms with Crippen molar-refractivity contribution < 1.29 is 4.79 Å². The molecule has 0 spiro atoms. The fourth-order valence-electron chi connectivity index (χ4n) is 2.76. The summed E-state index contributed by atoms with van der Waals surface area (Å²) in [6.45, 7) is 2.77. The van der Waals surface area contributed by atoms with E-state index >= 15 is 0 Å². The van der Waals surface area contributed by atoms with E-state index in [4.69, 9.17) is 0 Å². The second kappa shape index (κ2) is 6.54. The molecule has 1 atom stereocenters. The third kappa shape index (κ3) is 3.60. The van der Waals surface area contributed by atoms with Crippen LogP contribution in [0.3, 0.4) is 0 Å². The van der Waals surface area contributed by atoms with Crippen LogP contribution in [0.5, 0.6) is 0 Å². The first kappa shape index (κ1) is 14.5. The van der Waals surface area contributed by atoms with Crippen molar-refractivity contribution >= 4 is 27.5 Å². The Morgan fingerprint density at radius 2 is 2.33 bits per heavy atom. The molecule has 1 aromatic carbocycles. The van der Waals surface area contributed by atoms with Crippen LogP contribution in [0.15, 0.2) is 24.3 Å². The minimum atomic E-state index is 0.223. The number of hydrogen-bond acceptors (Lipinski definition) is 4. The molecule has 1 unspecified atom stereocenters. The number of rotatable bonds is 5. The van der Waals surface area contributed by atoms with Crippen molar-refractivity contribution in [2.75, 3.05) is 20.1 Å². The lowest BCUT2D eigenvalue weighted by atomic mass is 10.0. The Kier molecular flexibility index (Phi) is 4.51. The van der Waals surface area contributed by atoms with Crippen LogP contribution in [0, 0.1) is 5.92 Å². The summed E-state index contributed by atoms with van der Waals surface area (Å²) in [5.41, 5.74) is 1.02. The van der Waals surface area contributed by atoms with Crippen LogP contribution in [0.25, 0.3) is 10.2 Å². The van der Waals surface area contributed by atoms with Crippen molar-refractivity contribution in [3.05, 3.63) is 29.3 Å². The van der Waals surface area contributed by atoms with Gasteiger partial charge in [0, 0.05) is 13.5 Å². The highest BCUT2D eigenvalue weighted by molar-refractivity contribution is 7.18. The topological polar surface area (TPSA) is 45.2 Å². The molecule has 5 heteroatoms. The van der Waals surface area contributed by atoms with Crippen LogP contribution in [-0.4, -0.2) is 35.9 Å². The van der Waals surface area contributed by atoms with E-state index in [1.54, 1.807) is 16.2 Å². The molecule has 1 saturated heterocycles. The molecule has 21 heavy (non-hydrogen) atoms. The highest BCUT2D eigenvalue weighted by Gasteiger charge is 2.18. The average Bonchev–Trinajstić information content (AvgIpc) is 3.13. The van der Waals surface area contributed by atoms with E-state index in [1.165, 1.54) is 11.1 Å². The first-order valence-corrected chi connectivity index (χ1v) is 8.33. The Hall–Kier alpha value is -1.46. The van der Waals surface area contributed by atoms with Crippen molar-refractivity contribution in [2.24, 2.45) is 5.92 Å². The second-order valence-corrected chi connectivity index (χ2v) is 6.84. The summed E-state index contributed by atoms with van der Waals surface area (Å²) in [5, 5.41) is 4.36. The molecular weight excluding hydrogens is 282 g/mol. The molecular formula is C16H21N3OS. The van der Waals surface area contributed by atoms with E-state index in [1.807, 2.05) is 25.2 Å². The van der Waals surface area contributed by atoms with Crippen LogP contribution >= 0.6 is 11.3 Å². The van der Waals surface area contributed by atoms with Crippen molar-refractivity contribution in [1.82, 2.24) is 15.2 Å². The number of hydrogen-bond donors (Lipinski definition) is 1. The number of nitrogens with zero attached hydrogens (tertiary/aromatic N) is 2. The molecule has 2 heterocycles. The monoisotopic (exact) mass is 303 g/mol. The summed E-state index contributed by atoms with van der Waals surface area (Å²) in [6, 6.07) is 8.11. The number of fused-ring (bicyclic) bond motifs is 1. The Morgan fingerprint density at radius 3 is 3.10 bits per heavy atom. The predicted molar refractivity (Wildman–Crippen MR) is 86.3 cm³/mol. The lowest BCUT2D eigenvalue weighted by Gasteiger charge is -2.16. The number of carbonyl (C=O) groups is 1. The van der Waals surface area contributed by atoms with E-state index in [9.17, 15) is 4.79 Å². The summed E-state index contributed by atoms with van der Waals surface area (Å²) in [5.74, 6) is 0.894. The number of nitrogens with one attached hydrogen (secondary N) is 1. The van der Waals surface area contributed by atoms with Gasteiger partial charge in [-0.1, -0.05) is 12.1 Å². The van der Waals surface area contributed by atoms with Gasteiger partial charge in [0.05, 0.1) is 16.8 Å². The molecule has 1 amide bonds. The molecule has 3 rings (SSSR count). The van der Waals surface area contributed by atoms with Crippen molar-refractivity contribution in [1.29, 1.82) is 0 Å². The predicted octanol–water partition coefficient (Wildman–Crippen LogP) is 2.64. The Labute approximate surface area is 129 Å². The molecule has 0 bridgehead atoms. The maximum absolute atomic E-state index is 12.2. The van der Waals surface area contributed by atoms with Gasteiger partial charge in [-0.2, -0.15) is 0 Å². The number of carbonyl (C=O) groups excluding carboxylic acids is 1. The molecule has 0 aliphatic carbocycles. The fourth-order valence-corrected chi connectivity index (χ4v) is 3.78. The van der Waals surface area contributed by atoms with Gasteiger partial charge in [0.2, 0.25) is 5.91 Å². The summed E-state index contributed by atoms with van der Waals surface area (Å²) < 4.78 is 1.19. The summed E-state index contributed by atoms with van der Waals surface area (Å²) in [4.78, 5) is 18.6. The average molecular weight is 303 g/mol. The Balaban J connectivity index is 1.54. The maximum atomic E-state index is 12.2. The number of para-hydroxylation sites is 1. The van der Waals surface area contributed by atoms with Crippen LogP contribution in [0.1, 0.15) is 24.3 Å². The zero-order chi connectivity index (χ0) is 14.7. The normalized spacial score (nSPS) is 18.2. The van der Waals surface area contributed by atoms with E-state index in [0.29, 0.717) is 18.9 Å². The van der Waals surface area contributed by atoms with Gasteiger partial charge >= 0.3 is 0 Å². The second-order valence-electron chi connectivity index (χ2n) is 5.72. The third-order valence-corrected chi connectivity index (χ3v) is 5.09. The maximum Gasteiger partial charge on any atom is 0.222 e. The first-order chi connectivity index (χ1) is 10.2. The van der Waals surface area contributed by atoms with Gasteiger partial charge in [0.25, 0.3) is 0 Å². The Bertz CT molecular complexity index is 586. The van der Waals surface area contributed by atoms with Gasteiger partial charge < -0.3 is 10.2 Å². The standard InChI is InChI=1S/C16H21N3OS/c1-19(16(20)7-6-12-8-9-17-10-12)11-15-18-13-4-2-3-5-14(13)21-15/h2-5,12,17H,6-11H2,1H3. The van der Waals surface area contributed by atoms with Crippen LogP contribution < -0.4 is 5.32 Å². The van der Waals surface area contributed by atoms with Gasteiger partial charge in [-0.3, -0.25) is 4.79 Å². The molecule has 1 aromatic heterocycles. The van der Waals surface area contributed by atoms with Gasteiger partial charge in [0.1, 0.15) is 5.01 Å². The SMILES string of the molecule is CN(Cc1nc2ccccc2s1)C(=O)CCC1CCNC1. The molecule has 1 aliphatic rings. The number of benzene rings is 1. The Morgan fingerprint density at radius 1 is 1.48 bits per heavy atom. The van der Waals surface area contributed by atoms with E-state index in [0.717, 1.165) is 30.0 Å². The zero-order valence-corrected chi connectivity index (χ0v) is 13.2. The lowest BCUT2D eigenvalue weighted by molar-refractivity contribution is -0.130. The van der Waals surface area contributed by atoms with Gasteiger partial charge in [-0.15, -0.1) is 11.3 Å². The molecule has 0 saturated carbocycles. The zero-order valence-electron chi connectivity index (χ0n) is 12.3. The smallest absolute Gasteiger partial charge is 0.222 e. The molecule has 2 aromatic rings. The minimum Gasteiger partial charge on any atom is -0.339 e. The van der Waals surface area contributed by atoms with Gasteiger partial charge in [-0.25, -0.2) is 4.98 Å². The summed E-state index contributed by atoms with van der Waals surface area (Å²) >= 11 is 1.67. The van der Waals surface area contributed by atoms with Crippen molar-refractivity contribution in [2.45, 2.75) is 25.8 Å². The number of aromatic nitrogens is 1. The van der Waals surface area contributed by atoms with Crippen LogP contribution in [-0.2, 0) is 11.3 Å². The molecule has 1 fully saturated rings. The quantitative estimate of drug-likeness (QED) is 0.923. The molecule has 4 nitrogen and oxygen atoms in total. The van der Waals surface area contributed by atoms with Crippen LogP contribution in [0.2, 0.25) is 0 Å². The van der Waals surface area contributed by atoms with Crippen molar-refractivity contribution in [3.8, 4) is 0 Å².